The molecule has 2 aromatic carbocycles. The zero-order valence-electron chi connectivity index (χ0n) is 16.4. The van der Waals surface area contributed by atoms with Crippen molar-refractivity contribution in [3.05, 3.63) is 76.9 Å². The third kappa shape index (κ3) is 5.88. The Morgan fingerprint density at radius 2 is 1.79 bits per heavy atom. The van der Waals surface area contributed by atoms with Crippen LogP contribution in [0, 0.1) is 12.7 Å². The SMILES string of the molecule is COCCn1c(C)nnc1SCc1ccc(C(=O)NCc2ccc(F)cc2)cc1. The first-order chi connectivity index (χ1) is 14.1. The molecule has 1 N–H and O–H groups in total. The van der Waals surface area contributed by atoms with E-state index in [4.69, 9.17) is 4.74 Å². The van der Waals surface area contributed by atoms with Crippen LogP contribution < -0.4 is 5.32 Å². The molecule has 0 atom stereocenters. The molecule has 152 valence electrons. The van der Waals surface area contributed by atoms with E-state index < -0.39 is 0 Å². The lowest BCUT2D eigenvalue weighted by Crippen LogP contribution is -2.22. The molecule has 3 aromatic rings. The fraction of sp³-hybridized carbons (Fsp3) is 0.286. The summed E-state index contributed by atoms with van der Waals surface area (Å²) >= 11 is 1.60. The summed E-state index contributed by atoms with van der Waals surface area (Å²) in [6, 6.07) is 13.5. The zero-order chi connectivity index (χ0) is 20.6. The molecule has 0 saturated carbocycles. The maximum atomic E-state index is 12.9. The average molecular weight is 415 g/mol. The van der Waals surface area contributed by atoms with Crippen LogP contribution in [-0.2, 0) is 23.6 Å². The number of amides is 1. The highest BCUT2D eigenvalue weighted by Crippen LogP contribution is 2.22. The topological polar surface area (TPSA) is 69.0 Å². The van der Waals surface area contributed by atoms with Crippen LogP contribution in [0.5, 0.6) is 0 Å². The molecule has 3 rings (SSSR count). The number of carbonyl (C=O) groups excluding carboxylic acids is 1. The first kappa shape index (κ1) is 21.0. The van der Waals surface area contributed by atoms with Gasteiger partial charge in [-0.1, -0.05) is 36.0 Å². The number of benzene rings is 2. The van der Waals surface area contributed by atoms with E-state index in [-0.39, 0.29) is 11.7 Å². The third-order valence-electron chi connectivity index (χ3n) is 4.37. The molecule has 8 heteroatoms. The molecule has 0 saturated heterocycles. The molecule has 1 amide bonds. The Kier molecular flexibility index (Phi) is 7.37. The number of thioether (sulfide) groups is 1. The van der Waals surface area contributed by atoms with Crippen molar-refractivity contribution in [1.29, 1.82) is 0 Å². The van der Waals surface area contributed by atoms with Crippen molar-refractivity contribution in [2.75, 3.05) is 13.7 Å². The smallest absolute Gasteiger partial charge is 0.251 e. The minimum atomic E-state index is -0.291. The van der Waals surface area contributed by atoms with Crippen molar-refractivity contribution < 1.29 is 13.9 Å². The lowest BCUT2D eigenvalue weighted by molar-refractivity contribution is 0.0951. The first-order valence-corrected chi connectivity index (χ1v) is 10.2. The largest absolute Gasteiger partial charge is 0.383 e. The quantitative estimate of drug-likeness (QED) is 0.542. The van der Waals surface area contributed by atoms with Gasteiger partial charge in [0.25, 0.3) is 5.91 Å². The Balaban J connectivity index is 1.53. The van der Waals surface area contributed by atoms with E-state index in [0.717, 1.165) is 27.9 Å². The Bertz CT molecular complexity index is 942. The molecule has 0 radical (unpaired) electrons. The highest BCUT2D eigenvalue weighted by atomic mass is 32.2. The fourth-order valence-corrected chi connectivity index (χ4v) is 3.66. The molecule has 0 bridgehead atoms. The van der Waals surface area contributed by atoms with Gasteiger partial charge in [-0.2, -0.15) is 0 Å². The highest BCUT2D eigenvalue weighted by Gasteiger charge is 2.10. The lowest BCUT2D eigenvalue weighted by Gasteiger charge is -2.08. The number of aryl methyl sites for hydroxylation is 1. The predicted molar refractivity (Wildman–Crippen MR) is 110 cm³/mol. The van der Waals surface area contributed by atoms with E-state index in [2.05, 4.69) is 15.5 Å². The Hall–Kier alpha value is -2.71. The molecule has 29 heavy (non-hydrogen) atoms. The second-order valence-electron chi connectivity index (χ2n) is 6.47. The van der Waals surface area contributed by atoms with Crippen molar-refractivity contribution in [3.8, 4) is 0 Å². The Morgan fingerprint density at radius 3 is 2.48 bits per heavy atom. The van der Waals surface area contributed by atoms with Crippen LogP contribution in [0.3, 0.4) is 0 Å². The van der Waals surface area contributed by atoms with E-state index in [1.54, 1.807) is 43.1 Å². The minimum absolute atomic E-state index is 0.163. The number of ether oxygens (including phenoxy) is 1. The molecule has 6 nitrogen and oxygen atoms in total. The fourth-order valence-electron chi connectivity index (χ4n) is 2.70. The molecular weight excluding hydrogens is 391 g/mol. The highest BCUT2D eigenvalue weighted by molar-refractivity contribution is 7.98. The molecule has 1 heterocycles. The van der Waals surface area contributed by atoms with Crippen LogP contribution >= 0.6 is 11.8 Å². The molecule has 0 aliphatic carbocycles. The predicted octanol–water partition coefficient (Wildman–Crippen LogP) is 3.59. The number of hydrogen-bond acceptors (Lipinski definition) is 5. The maximum Gasteiger partial charge on any atom is 0.251 e. The zero-order valence-corrected chi connectivity index (χ0v) is 17.2. The van der Waals surface area contributed by atoms with E-state index in [1.807, 2.05) is 23.6 Å². The van der Waals surface area contributed by atoms with E-state index in [1.165, 1.54) is 12.1 Å². The van der Waals surface area contributed by atoms with E-state index in [9.17, 15) is 9.18 Å². The van der Waals surface area contributed by atoms with Crippen LogP contribution in [0.1, 0.15) is 27.3 Å². The van der Waals surface area contributed by atoms with Gasteiger partial charge in [0.2, 0.25) is 0 Å². The summed E-state index contributed by atoms with van der Waals surface area (Å²) in [4.78, 5) is 12.3. The van der Waals surface area contributed by atoms with Crippen molar-refractivity contribution in [1.82, 2.24) is 20.1 Å². The van der Waals surface area contributed by atoms with Gasteiger partial charge < -0.3 is 14.6 Å². The van der Waals surface area contributed by atoms with Gasteiger partial charge in [0.05, 0.1) is 6.61 Å². The second kappa shape index (κ2) is 10.2. The number of rotatable bonds is 9. The van der Waals surface area contributed by atoms with Crippen molar-refractivity contribution >= 4 is 17.7 Å². The van der Waals surface area contributed by atoms with Gasteiger partial charge in [-0.15, -0.1) is 10.2 Å². The summed E-state index contributed by atoms with van der Waals surface area (Å²) in [5, 5.41) is 12.0. The minimum Gasteiger partial charge on any atom is -0.383 e. The molecule has 0 fully saturated rings. The summed E-state index contributed by atoms with van der Waals surface area (Å²) in [7, 11) is 1.67. The van der Waals surface area contributed by atoms with Crippen molar-refractivity contribution in [2.45, 2.75) is 30.9 Å². The first-order valence-electron chi connectivity index (χ1n) is 9.20. The number of aromatic nitrogens is 3. The summed E-state index contributed by atoms with van der Waals surface area (Å²) in [6.07, 6.45) is 0. The van der Waals surface area contributed by atoms with Gasteiger partial charge in [0.1, 0.15) is 11.6 Å². The maximum absolute atomic E-state index is 12.9. The average Bonchev–Trinajstić information content (AvgIpc) is 3.09. The summed E-state index contributed by atoms with van der Waals surface area (Å²) in [5.74, 6) is 1.13. The van der Waals surface area contributed by atoms with Gasteiger partial charge in [-0.05, 0) is 42.3 Å². The molecule has 0 unspecified atom stereocenters. The number of carbonyl (C=O) groups is 1. The molecule has 0 aliphatic rings. The molecule has 0 spiro atoms. The van der Waals surface area contributed by atoms with Crippen LogP contribution in [0.2, 0.25) is 0 Å². The third-order valence-corrected chi connectivity index (χ3v) is 5.41. The van der Waals surface area contributed by atoms with Crippen LogP contribution in [0.15, 0.2) is 53.7 Å². The van der Waals surface area contributed by atoms with E-state index >= 15 is 0 Å². The molecule has 1 aromatic heterocycles. The van der Waals surface area contributed by atoms with E-state index in [0.29, 0.717) is 25.3 Å². The van der Waals surface area contributed by atoms with Crippen LogP contribution in [0.25, 0.3) is 0 Å². The van der Waals surface area contributed by atoms with Gasteiger partial charge in [0, 0.05) is 31.5 Å². The number of nitrogens with zero attached hydrogens (tertiary/aromatic N) is 3. The number of hydrogen-bond donors (Lipinski definition) is 1. The van der Waals surface area contributed by atoms with Crippen LogP contribution in [-0.4, -0.2) is 34.4 Å². The Labute approximate surface area is 173 Å². The van der Waals surface area contributed by atoms with Gasteiger partial charge in [0.15, 0.2) is 5.16 Å². The van der Waals surface area contributed by atoms with Crippen molar-refractivity contribution in [2.24, 2.45) is 0 Å². The van der Waals surface area contributed by atoms with Gasteiger partial charge in [-0.25, -0.2) is 4.39 Å². The normalized spacial score (nSPS) is 10.9. The van der Waals surface area contributed by atoms with Gasteiger partial charge >= 0.3 is 0 Å². The molecular formula is C21H23FN4O2S. The van der Waals surface area contributed by atoms with Gasteiger partial charge in [-0.3, -0.25) is 4.79 Å². The second-order valence-corrected chi connectivity index (χ2v) is 7.41. The molecule has 0 aliphatic heterocycles. The standard InChI is InChI=1S/C21H23FN4O2S/c1-15-24-25-21(26(15)11-12-28-2)29-14-17-3-7-18(8-4-17)20(27)23-13-16-5-9-19(22)10-6-16/h3-10H,11-14H2,1-2H3,(H,23,27). The summed E-state index contributed by atoms with van der Waals surface area (Å²) < 4.78 is 20.1. The lowest BCUT2D eigenvalue weighted by atomic mass is 10.1. The van der Waals surface area contributed by atoms with Crippen LogP contribution in [0.4, 0.5) is 4.39 Å². The summed E-state index contributed by atoms with van der Waals surface area (Å²) in [5.41, 5.74) is 2.52. The number of halogens is 1. The number of nitrogens with one attached hydrogen (secondary N) is 1. The summed E-state index contributed by atoms with van der Waals surface area (Å²) in [6.45, 7) is 3.60. The Morgan fingerprint density at radius 1 is 1.10 bits per heavy atom. The van der Waals surface area contributed by atoms with Crippen molar-refractivity contribution in [3.63, 3.8) is 0 Å². The monoisotopic (exact) mass is 414 g/mol. The number of methoxy groups -OCH3 is 1.